The number of carbonyl (C=O) groups excluding carboxylic acids is 1. The number of hydrogen-bond donors (Lipinski definition) is 0. The maximum Gasteiger partial charge on any atom is 0.227 e. The molecule has 17 heavy (non-hydrogen) atoms. The second-order valence-corrected chi connectivity index (χ2v) is 4.95. The van der Waals surface area contributed by atoms with Gasteiger partial charge >= 0.3 is 0 Å². The Morgan fingerprint density at radius 2 is 2.18 bits per heavy atom. The predicted molar refractivity (Wildman–Crippen MR) is 65.6 cm³/mol. The summed E-state index contributed by atoms with van der Waals surface area (Å²) in [5.41, 5.74) is 0.0462. The van der Waals surface area contributed by atoms with E-state index in [1.54, 1.807) is 0 Å². The Morgan fingerprint density at radius 3 is 2.76 bits per heavy atom. The Morgan fingerprint density at radius 1 is 1.47 bits per heavy atom. The lowest BCUT2D eigenvalue weighted by atomic mass is 10.2. The van der Waals surface area contributed by atoms with Gasteiger partial charge in [-0.3, -0.25) is 4.79 Å². The molecule has 0 radical (unpaired) electrons. The second-order valence-electron chi connectivity index (χ2n) is 3.92. The Bertz CT molecular complexity index is 469. The van der Waals surface area contributed by atoms with Crippen molar-refractivity contribution in [2.45, 2.75) is 6.42 Å². The second kappa shape index (κ2) is 4.90. The molecule has 1 aromatic rings. The highest BCUT2D eigenvalue weighted by atomic mass is 79.9. The highest BCUT2D eigenvalue weighted by Crippen LogP contribution is 2.32. The minimum absolute atomic E-state index is 0.0462. The third-order valence-corrected chi connectivity index (χ3v) is 3.99. The lowest BCUT2D eigenvalue weighted by Gasteiger charge is -2.17. The van der Waals surface area contributed by atoms with Crippen molar-refractivity contribution >= 4 is 39.1 Å². The molecule has 0 N–H and O–H groups in total. The average molecular weight is 325 g/mol. The Kier molecular flexibility index (Phi) is 3.68. The number of halogens is 4. The first-order chi connectivity index (χ1) is 8.04. The van der Waals surface area contributed by atoms with Crippen LogP contribution in [0.1, 0.15) is 6.42 Å². The van der Waals surface area contributed by atoms with E-state index < -0.39 is 16.7 Å². The van der Waals surface area contributed by atoms with Gasteiger partial charge in [0.05, 0.1) is 5.69 Å². The van der Waals surface area contributed by atoms with E-state index in [-0.39, 0.29) is 17.5 Å². The normalized spacial score (nSPS) is 20.1. The number of amides is 1. The number of anilines is 1. The molecule has 2 nitrogen and oxygen atoms in total. The van der Waals surface area contributed by atoms with Crippen LogP contribution in [-0.2, 0) is 4.79 Å². The van der Waals surface area contributed by atoms with Crippen molar-refractivity contribution in [1.29, 1.82) is 0 Å². The summed E-state index contributed by atoms with van der Waals surface area (Å²) in [6.45, 7) is 0.420. The van der Waals surface area contributed by atoms with Gasteiger partial charge in [0.2, 0.25) is 5.91 Å². The summed E-state index contributed by atoms with van der Waals surface area (Å²) in [4.78, 5) is 13.0. The van der Waals surface area contributed by atoms with Gasteiger partial charge in [0.25, 0.3) is 0 Å². The molecule has 1 aromatic carbocycles. The van der Waals surface area contributed by atoms with Crippen molar-refractivity contribution in [3.05, 3.63) is 28.8 Å². The van der Waals surface area contributed by atoms with Gasteiger partial charge in [0.15, 0.2) is 5.82 Å². The van der Waals surface area contributed by atoms with Crippen molar-refractivity contribution in [3.63, 3.8) is 0 Å². The molecular weight excluding hydrogens is 315 g/mol. The zero-order chi connectivity index (χ0) is 12.6. The highest BCUT2D eigenvalue weighted by molar-refractivity contribution is 9.09. The molecule has 6 heteroatoms. The first kappa shape index (κ1) is 12.8. The van der Waals surface area contributed by atoms with Crippen molar-refractivity contribution in [2.75, 3.05) is 16.8 Å². The summed E-state index contributed by atoms with van der Waals surface area (Å²) in [7, 11) is 0. The van der Waals surface area contributed by atoms with E-state index in [0.717, 1.165) is 6.07 Å². The quantitative estimate of drug-likeness (QED) is 0.603. The zero-order valence-electron chi connectivity index (χ0n) is 8.72. The van der Waals surface area contributed by atoms with Crippen LogP contribution in [-0.4, -0.2) is 17.8 Å². The van der Waals surface area contributed by atoms with Crippen LogP contribution in [0.25, 0.3) is 0 Å². The van der Waals surface area contributed by atoms with Gasteiger partial charge in [-0.2, -0.15) is 0 Å². The molecule has 92 valence electrons. The van der Waals surface area contributed by atoms with Gasteiger partial charge < -0.3 is 4.90 Å². The van der Waals surface area contributed by atoms with E-state index in [4.69, 9.17) is 11.6 Å². The summed E-state index contributed by atoms with van der Waals surface area (Å²) in [6, 6.07) is 2.31. The molecule has 1 unspecified atom stereocenters. The molecule has 0 bridgehead atoms. The summed E-state index contributed by atoms with van der Waals surface area (Å²) in [6.07, 6.45) is 0.361. The first-order valence-electron chi connectivity index (χ1n) is 5.04. The number of hydrogen-bond acceptors (Lipinski definition) is 1. The zero-order valence-corrected chi connectivity index (χ0v) is 11.1. The Labute approximate surface area is 111 Å². The summed E-state index contributed by atoms with van der Waals surface area (Å²) in [5, 5.41) is 0.101. The standard InChI is InChI=1S/C11H9BrClF2NO/c12-4-6-3-9(17)16(5-6)8-2-1-7(14)10(13)11(8)15/h1-2,6H,3-5H2. The molecule has 0 aromatic heterocycles. The number of benzene rings is 1. The van der Waals surface area contributed by atoms with Crippen molar-refractivity contribution in [2.24, 2.45) is 5.92 Å². The summed E-state index contributed by atoms with van der Waals surface area (Å²) >= 11 is 8.77. The third kappa shape index (κ3) is 2.31. The molecular formula is C11H9BrClF2NO. The number of carbonyl (C=O) groups is 1. The molecule has 1 aliphatic rings. The van der Waals surface area contributed by atoms with E-state index in [0.29, 0.717) is 18.3 Å². The SMILES string of the molecule is O=C1CC(CBr)CN1c1ccc(F)c(Cl)c1F. The van der Waals surface area contributed by atoms with Crippen LogP contribution < -0.4 is 4.90 Å². The lowest BCUT2D eigenvalue weighted by Crippen LogP contribution is -2.25. The van der Waals surface area contributed by atoms with Crippen molar-refractivity contribution < 1.29 is 13.6 Å². The van der Waals surface area contributed by atoms with Crippen molar-refractivity contribution in [1.82, 2.24) is 0 Å². The Hall–Kier alpha value is -0.680. The fourth-order valence-corrected chi connectivity index (χ4v) is 2.44. The maximum absolute atomic E-state index is 13.7. The molecule has 1 amide bonds. The van der Waals surface area contributed by atoms with Crippen LogP contribution in [0.3, 0.4) is 0 Å². The predicted octanol–water partition coefficient (Wildman–Crippen LogP) is 3.37. The van der Waals surface area contributed by atoms with Gasteiger partial charge in [-0.15, -0.1) is 0 Å². The van der Waals surface area contributed by atoms with Crippen LogP contribution in [0.5, 0.6) is 0 Å². The minimum Gasteiger partial charge on any atom is -0.309 e. The van der Waals surface area contributed by atoms with Gasteiger partial charge in [-0.05, 0) is 18.1 Å². The maximum atomic E-state index is 13.7. The molecule has 1 saturated heterocycles. The monoisotopic (exact) mass is 323 g/mol. The fourth-order valence-electron chi connectivity index (χ4n) is 1.84. The topological polar surface area (TPSA) is 20.3 Å². The van der Waals surface area contributed by atoms with Crippen LogP contribution in [0.2, 0.25) is 5.02 Å². The van der Waals surface area contributed by atoms with Gasteiger partial charge in [-0.25, -0.2) is 8.78 Å². The third-order valence-electron chi connectivity index (χ3n) is 2.73. The van der Waals surface area contributed by atoms with Crippen LogP contribution in [0, 0.1) is 17.6 Å². The number of alkyl halides is 1. The fraction of sp³-hybridized carbons (Fsp3) is 0.364. The molecule has 0 aliphatic carbocycles. The van der Waals surface area contributed by atoms with Crippen LogP contribution in [0.4, 0.5) is 14.5 Å². The van der Waals surface area contributed by atoms with Gasteiger partial charge in [0, 0.05) is 18.3 Å². The number of rotatable bonds is 2. The molecule has 1 fully saturated rings. The van der Waals surface area contributed by atoms with Gasteiger partial charge in [-0.1, -0.05) is 27.5 Å². The van der Waals surface area contributed by atoms with E-state index in [1.807, 2.05) is 0 Å². The lowest BCUT2D eigenvalue weighted by molar-refractivity contribution is -0.117. The van der Waals surface area contributed by atoms with E-state index in [1.165, 1.54) is 11.0 Å². The minimum atomic E-state index is -0.879. The molecule has 0 spiro atoms. The van der Waals surface area contributed by atoms with E-state index in [2.05, 4.69) is 15.9 Å². The van der Waals surface area contributed by atoms with E-state index in [9.17, 15) is 13.6 Å². The molecule has 1 heterocycles. The van der Waals surface area contributed by atoms with Crippen LogP contribution in [0.15, 0.2) is 12.1 Å². The average Bonchev–Trinajstić information content (AvgIpc) is 2.68. The smallest absolute Gasteiger partial charge is 0.227 e. The largest absolute Gasteiger partial charge is 0.309 e. The van der Waals surface area contributed by atoms with Crippen LogP contribution >= 0.6 is 27.5 Å². The number of nitrogens with zero attached hydrogens (tertiary/aromatic N) is 1. The van der Waals surface area contributed by atoms with Gasteiger partial charge in [0.1, 0.15) is 10.8 Å². The molecule has 2 rings (SSSR count). The summed E-state index contributed by atoms with van der Waals surface area (Å²) < 4.78 is 26.7. The first-order valence-corrected chi connectivity index (χ1v) is 6.54. The van der Waals surface area contributed by atoms with Crippen molar-refractivity contribution in [3.8, 4) is 0 Å². The molecule has 1 aliphatic heterocycles. The van der Waals surface area contributed by atoms with E-state index >= 15 is 0 Å². The highest BCUT2D eigenvalue weighted by Gasteiger charge is 2.32. The molecule has 1 atom stereocenters. The molecule has 0 saturated carbocycles. The Balaban J connectivity index is 2.35. The summed E-state index contributed by atoms with van der Waals surface area (Å²) in [5.74, 6) is -1.73.